The van der Waals surface area contributed by atoms with Crippen molar-refractivity contribution in [2.24, 2.45) is 0 Å². The third-order valence-corrected chi connectivity index (χ3v) is 6.24. The molecule has 0 saturated heterocycles. The van der Waals surface area contributed by atoms with E-state index in [4.69, 9.17) is 4.74 Å². The Labute approximate surface area is 187 Å². The Balaban J connectivity index is 2.00. The Morgan fingerprint density at radius 1 is 0.870 bits per heavy atom. The maximum atomic E-state index is 12.1. The quantitative estimate of drug-likeness (QED) is 0.344. The van der Waals surface area contributed by atoms with Gasteiger partial charge >= 0.3 is 5.97 Å². The first-order valence-corrected chi connectivity index (χ1v) is 10.6. The molecule has 0 aliphatic heterocycles. The van der Waals surface area contributed by atoms with E-state index in [9.17, 15) is 15.0 Å². The summed E-state index contributed by atoms with van der Waals surface area (Å²) in [6.45, 7) is 0.254. The fraction of sp³-hybridized carbons (Fsp3) is 0.133. The van der Waals surface area contributed by atoms with E-state index in [2.05, 4.69) is 45.2 Å². The molecule has 0 radical (unpaired) electrons. The van der Waals surface area contributed by atoms with Gasteiger partial charge in [0.1, 0.15) is 11.5 Å². The maximum absolute atomic E-state index is 12.1. The van der Waals surface area contributed by atoms with Crippen LogP contribution in [0.15, 0.2) is 24.3 Å². The van der Waals surface area contributed by atoms with Crippen LogP contribution in [0.4, 0.5) is 0 Å². The van der Waals surface area contributed by atoms with Crippen LogP contribution in [0.5, 0.6) is 11.5 Å². The smallest absolute Gasteiger partial charge is 0.338 e. The second kappa shape index (κ2) is 8.69. The van der Waals surface area contributed by atoms with E-state index >= 15 is 0 Å². The highest BCUT2D eigenvalue weighted by Crippen LogP contribution is 2.28. The van der Waals surface area contributed by atoms with Crippen LogP contribution in [-0.2, 0) is 11.2 Å². The molecule has 0 heterocycles. The van der Waals surface area contributed by atoms with E-state index < -0.39 is 5.97 Å². The molecule has 0 bridgehead atoms. The minimum Gasteiger partial charge on any atom is -0.506 e. The van der Waals surface area contributed by atoms with Gasteiger partial charge in [0.05, 0.1) is 26.5 Å². The van der Waals surface area contributed by atoms with Gasteiger partial charge in [0, 0.05) is 6.42 Å². The minimum atomic E-state index is -0.413. The zero-order chi connectivity index (χ0) is 17.1. The van der Waals surface area contributed by atoms with Gasteiger partial charge in [-0.15, -0.1) is 0 Å². The van der Waals surface area contributed by atoms with Crippen LogP contribution in [-0.4, -0.2) is 22.8 Å². The molecule has 23 heavy (non-hydrogen) atoms. The lowest BCUT2D eigenvalue weighted by Gasteiger charge is -2.09. The molecule has 0 aliphatic rings. The highest BCUT2D eigenvalue weighted by Gasteiger charge is 2.13. The number of aromatic hydroxyl groups is 2. The number of carbonyl (C=O) groups excluding carboxylic acids is 1. The summed E-state index contributed by atoms with van der Waals surface area (Å²) in [5.74, 6) is 0.0418. The Hall–Kier alpha value is 0.430. The van der Waals surface area contributed by atoms with Gasteiger partial charge in [-0.2, -0.15) is 0 Å². The molecule has 122 valence electrons. The first kappa shape index (κ1) is 19.8. The van der Waals surface area contributed by atoms with Crippen LogP contribution in [0.25, 0.3) is 0 Å². The van der Waals surface area contributed by atoms with E-state index in [1.54, 1.807) is 12.1 Å². The van der Waals surface area contributed by atoms with Gasteiger partial charge in [-0.3, -0.25) is 0 Å². The Morgan fingerprint density at radius 2 is 1.30 bits per heavy atom. The number of hydrogen-bond acceptors (Lipinski definition) is 4. The summed E-state index contributed by atoms with van der Waals surface area (Å²) in [6, 6.07) is 6.95. The number of benzene rings is 2. The predicted octanol–water partition coefficient (Wildman–Crippen LogP) is 4.92. The molecular formula is C15H10I4O4. The van der Waals surface area contributed by atoms with Crippen LogP contribution in [0.1, 0.15) is 15.9 Å². The van der Waals surface area contributed by atoms with Gasteiger partial charge in [-0.1, -0.05) is 0 Å². The van der Waals surface area contributed by atoms with Crippen molar-refractivity contribution in [1.29, 1.82) is 0 Å². The standard InChI is InChI=1S/C15H10I4O4/c16-9-3-7(4-10(17)13(9)20)1-2-23-15(22)8-5-11(18)14(21)12(19)6-8/h3-6,20-21H,1-2H2. The number of halogens is 4. The lowest BCUT2D eigenvalue weighted by Crippen LogP contribution is -2.09. The molecule has 0 atom stereocenters. The van der Waals surface area contributed by atoms with Crippen molar-refractivity contribution in [2.75, 3.05) is 6.61 Å². The molecule has 2 aromatic rings. The van der Waals surface area contributed by atoms with Gasteiger partial charge in [0.25, 0.3) is 0 Å². The van der Waals surface area contributed by atoms with Crippen LogP contribution in [0.3, 0.4) is 0 Å². The molecule has 4 nitrogen and oxygen atoms in total. The van der Waals surface area contributed by atoms with E-state index in [-0.39, 0.29) is 18.1 Å². The molecule has 0 fully saturated rings. The molecule has 2 aromatic carbocycles. The third kappa shape index (κ3) is 5.20. The van der Waals surface area contributed by atoms with E-state index in [1.165, 1.54) is 0 Å². The molecule has 0 aromatic heterocycles. The summed E-state index contributed by atoms with van der Waals surface area (Å²) in [7, 11) is 0. The fourth-order valence-corrected chi connectivity index (χ4v) is 5.46. The monoisotopic (exact) mass is 762 g/mol. The molecule has 0 unspecified atom stereocenters. The zero-order valence-electron chi connectivity index (χ0n) is 11.4. The summed E-state index contributed by atoms with van der Waals surface area (Å²) in [6.07, 6.45) is 0.574. The Kier molecular flexibility index (Phi) is 7.46. The number of rotatable bonds is 4. The number of carbonyl (C=O) groups is 1. The number of ether oxygens (including phenoxy) is 1. The molecule has 2 rings (SSSR count). The minimum absolute atomic E-state index is 0.177. The molecule has 8 heteroatoms. The van der Waals surface area contributed by atoms with Crippen LogP contribution >= 0.6 is 90.4 Å². The average molecular weight is 762 g/mol. The molecule has 0 aliphatic carbocycles. The maximum Gasteiger partial charge on any atom is 0.338 e. The van der Waals surface area contributed by atoms with Crippen molar-refractivity contribution in [2.45, 2.75) is 6.42 Å². The first-order valence-electron chi connectivity index (χ1n) is 6.31. The van der Waals surface area contributed by atoms with E-state index in [0.717, 1.165) is 12.7 Å². The molecule has 0 amide bonds. The van der Waals surface area contributed by atoms with Crippen molar-refractivity contribution in [1.82, 2.24) is 0 Å². The lowest BCUT2D eigenvalue weighted by atomic mass is 10.1. The highest BCUT2D eigenvalue weighted by molar-refractivity contribution is 14.1. The van der Waals surface area contributed by atoms with Crippen LogP contribution in [0.2, 0.25) is 0 Å². The summed E-state index contributed by atoms with van der Waals surface area (Å²) in [4.78, 5) is 12.1. The topological polar surface area (TPSA) is 66.8 Å². The average Bonchev–Trinajstić information content (AvgIpc) is 2.49. The molecule has 0 spiro atoms. The number of phenolic OH excluding ortho intramolecular Hbond substituents is 2. The summed E-state index contributed by atoms with van der Waals surface area (Å²) in [5.41, 5.74) is 1.42. The van der Waals surface area contributed by atoms with Crippen molar-refractivity contribution in [3.05, 3.63) is 49.7 Å². The predicted molar refractivity (Wildman–Crippen MR) is 121 cm³/mol. The summed E-state index contributed by atoms with van der Waals surface area (Å²) >= 11 is 8.10. The lowest BCUT2D eigenvalue weighted by molar-refractivity contribution is 0.0509. The molecule has 2 N–H and O–H groups in total. The van der Waals surface area contributed by atoms with Crippen molar-refractivity contribution in [3.8, 4) is 11.5 Å². The van der Waals surface area contributed by atoms with Gasteiger partial charge in [-0.25, -0.2) is 4.79 Å². The second-order valence-electron chi connectivity index (χ2n) is 4.58. The van der Waals surface area contributed by atoms with Crippen LogP contribution in [0, 0.1) is 14.3 Å². The number of hydrogen-bond donors (Lipinski definition) is 2. The van der Waals surface area contributed by atoms with Gasteiger partial charge < -0.3 is 14.9 Å². The largest absolute Gasteiger partial charge is 0.506 e. The Bertz CT molecular complexity index is 715. The Morgan fingerprint density at radius 3 is 1.78 bits per heavy atom. The van der Waals surface area contributed by atoms with Crippen LogP contribution < -0.4 is 0 Å². The second-order valence-corrected chi connectivity index (χ2v) is 9.23. The summed E-state index contributed by atoms with van der Waals surface area (Å²) < 4.78 is 8.08. The number of esters is 1. The highest BCUT2D eigenvalue weighted by atomic mass is 127. The summed E-state index contributed by atoms with van der Waals surface area (Å²) in [5, 5.41) is 19.5. The van der Waals surface area contributed by atoms with E-state index in [1.807, 2.05) is 57.3 Å². The van der Waals surface area contributed by atoms with E-state index in [0.29, 0.717) is 19.1 Å². The van der Waals surface area contributed by atoms with Crippen molar-refractivity contribution in [3.63, 3.8) is 0 Å². The third-order valence-electron chi connectivity index (χ3n) is 2.95. The fourth-order valence-electron chi connectivity index (χ4n) is 1.79. The van der Waals surface area contributed by atoms with Crippen molar-refractivity contribution < 1.29 is 19.7 Å². The first-order chi connectivity index (χ1) is 10.8. The normalized spacial score (nSPS) is 10.6. The van der Waals surface area contributed by atoms with Gasteiger partial charge in [0.2, 0.25) is 0 Å². The SMILES string of the molecule is O=C(OCCc1cc(I)c(O)c(I)c1)c1cc(I)c(O)c(I)c1. The molecular weight excluding hydrogens is 752 g/mol. The van der Waals surface area contributed by atoms with Gasteiger partial charge in [-0.05, 0) is 120 Å². The zero-order valence-corrected chi connectivity index (χ0v) is 20.1. The number of phenols is 2. The molecule has 0 saturated carbocycles. The van der Waals surface area contributed by atoms with Crippen molar-refractivity contribution >= 4 is 96.3 Å². The van der Waals surface area contributed by atoms with Gasteiger partial charge in [0.15, 0.2) is 0 Å².